The Morgan fingerprint density at radius 2 is 2.22 bits per heavy atom. The van der Waals surface area contributed by atoms with E-state index in [2.05, 4.69) is 10.1 Å². The topological polar surface area (TPSA) is 58.8 Å². The maximum absolute atomic E-state index is 13.1. The van der Waals surface area contributed by atoms with Gasteiger partial charge in [-0.05, 0) is 38.7 Å². The van der Waals surface area contributed by atoms with Crippen LogP contribution in [0.5, 0.6) is 0 Å². The Balaban J connectivity index is 1.48. The summed E-state index contributed by atoms with van der Waals surface area (Å²) >= 11 is 1.71. The molecule has 1 amide bonds. The normalized spacial score (nSPS) is 18.4. The molecule has 1 saturated carbocycles. The van der Waals surface area contributed by atoms with E-state index in [1.54, 1.807) is 18.4 Å². The third kappa shape index (κ3) is 3.32. The van der Waals surface area contributed by atoms with Crippen LogP contribution in [0, 0.1) is 13.8 Å². The Bertz CT molecular complexity index is 833. The fourth-order valence-electron chi connectivity index (χ4n) is 4.03. The van der Waals surface area contributed by atoms with Crippen LogP contribution in [0.3, 0.4) is 0 Å². The van der Waals surface area contributed by atoms with Crippen molar-refractivity contribution in [3.05, 3.63) is 38.4 Å². The first-order chi connectivity index (χ1) is 12.9. The van der Waals surface area contributed by atoms with Gasteiger partial charge in [-0.1, -0.05) is 5.16 Å². The monoisotopic (exact) mass is 389 g/mol. The van der Waals surface area contributed by atoms with E-state index in [-0.39, 0.29) is 11.4 Å². The Morgan fingerprint density at radius 3 is 2.85 bits per heavy atom. The number of rotatable bonds is 6. The van der Waals surface area contributed by atoms with Crippen LogP contribution in [0.1, 0.15) is 50.7 Å². The summed E-state index contributed by atoms with van der Waals surface area (Å²) in [6.45, 7) is 7.25. The highest BCUT2D eigenvalue weighted by Crippen LogP contribution is 2.42. The average molecular weight is 390 g/mol. The molecular formula is C20H27N3O3S. The molecule has 2 aliphatic rings. The molecule has 0 bridgehead atoms. The molecule has 0 N–H and O–H groups in total. The fourth-order valence-corrected chi connectivity index (χ4v) is 5.15. The number of ether oxygens (including phenoxy) is 1. The van der Waals surface area contributed by atoms with E-state index in [0.717, 1.165) is 55.9 Å². The van der Waals surface area contributed by atoms with Gasteiger partial charge in [0.1, 0.15) is 5.76 Å². The second kappa shape index (κ2) is 7.04. The van der Waals surface area contributed by atoms with Crippen LogP contribution in [-0.4, -0.2) is 53.7 Å². The van der Waals surface area contributed by atoms with Crippen LogP contribution in [0.25, 0.3) is 0 Å². The average Bonchev–Trinajstić information content (AvgIpc) is 3.22. The summed E-state index contributed by atoms with van der Waals surface area (Å²) < 4.78 is 10.6. The minimum atomic E-state index is -0.0926. The van der Waals surface area contributed by atoms with Crippen LogP contribution in [0.15, 0.2) is 9.90 Å². The largest absolute Gasteiger partial charge is 0.382 e. The maximum Gasteiger partial charge on any atom is 0.255 e. The summed E-state index contributed by atoms with van der Waals surface area (Å²) in [7, 11) is 3.63. The number of nitrogens with zero attached hydrogens (tertiary/aromatic N) is 3. The Morgan fingerprint density at radius 1 is 1.44 bits per heavy atom. The molecule has 7 heteroatoms. The number of fused-ring (bicyclic) bond motifs is 1. The Kier molecular flexibility index (Phi) is 4.86. The van der Waals surface area contributed by atoms with Gasteiger partial charge in [0.15, 0.2) is 0 Å². The number of hydrogen-bond donors (Lipinski definition) is 0. The molecule has 4 rings (SSSR count). The molecule has 2 aromatic heterocycles. The Labute approximate surface area is 164 Å². The summed E-state index contributed by atoms with van der Waals surface area (Å²) in [4.78, 5) is 18.7. The summed E-state index contributed by atoms with van der Waals surface area (Å²) in [5.41, 5.74) is 4.18. The van der Waals surface area contributed by atoms with Gasteiger partial charge in [0.05, 0.1) is 23.4 Å². The molecule has 146 valence electrons. The first-order valence-corrected chi connectivity index (χ1v) is 10.3. The molecule has 3 heterocycles. The standard InChI is InChI=1S/C20H27N3O3S/c1-13-16(14(2)26-21-13)9-23-8-5-15-17(11-27-18(15)10-23)19(24)22(3)20(6-7-20)12-25-4/h11H,5-10,12H2,1-4H3. The lowest BCUT2D eigenvalue weighted by Gasteiger charge is -2.30. The molecule has 0 unspecified atom stereocenters. The minimum Gasteiger partial charge on any atom is -0.382 e. The predicted molar refractivity (Wildman–Crippen MR) is 104 cm³/mol. The summed E-state index contributed by atoms with van der Waals surface area (Å²) in [6, 6.07) is 0. The van der Waals surface area contributed by atoms with Crippen molar-refractivity contribution in [3.8, 4) is 0 Å². The van der Waals surface area contributed by atoms with E-state index in [1.165, 1.54) is 16.0 Å². The predicted octanol–water partition coefficient (Wildman–Crippen LogP) is 3.16. The maximum atomic E-state index is 13.1. The van der Waals surface area contributed by atoms with Crippen molar-refractivity contribution in [3.63, 3.8) is 0 Å². The molecule has 1 fully saturated rings. The zero-order chi connectivity index (χ0) is 19.2. The number of carbonyl (C=O) groups is 1. The lowest BCUT2D eigenvalue weighted by Crippen LogP contribution is -2.42. The number of methoxy groups -OCH3 is 1. The van der Waals surface area contributed by atoms with E-state index in [0.29, 0.717) is 6.61 Å². The van der Waals surface area contributed by atoms with Crippen molar-refractivity contribution in [2.45, 2.75) is 51.7 Å². The number of carbonyl (C=O) groups excluding carboxylic acids is 1. The van der Waals surface area contributed by atoms with Crippen molar-refractivity contribution in [1.29, 1.82) is 0 Å². The minimum absolute atomic E-state index is 0.0926. The smallest absolute Gasteiger partial charge is 0.255 e. The molecule has 27 heavy (non-hydrogen) atoms. The molecule has 2 aromatic rings. The summed E-state index contributed by atoms with van der Waals surface area (Å²) in [5.74, 6) is 1.04. The van der Waals surface area contributed by atoms with Crippen LogP contribution >= 0.6 is 11.3 Å². The van der Waals surface area contributed by atoms with Gasteiger partial charge in [-0.15, -0.1) is 11.3 Å². The van der Waals surface area contributed by atoms with E-state index in [1.807, 2.05) is 31.2 Å². The molecular weight excluding hydrogens is 362 g/mol. The zero-order valence-corrected chi connectivity index (χ0v) is 17.3. The van der Waals surface area contributed by atoms with Gasteiger partial charge in [0, 0.05) is 49.6 Å². The molecule has 0 atom stereocenters. The highest BCUT2D eigenvalue weighted by Gasteiger charge is 2.49. The molecule has 1 aliphatic carbocycles. The third-order valence-corrected chi connectivity index (χ3v) is 7.09. The van der Waals surface area contributed by atoms with E-state index in [9.17, 15) is 4.79 Å². The van der Waals surface area contributed by atoms with Crippen molar-refractivity contribution in [2.24, 2.45) is 0 Å². The molecule has 1 aliphatic heterocycles. The summed E-state index contributed by atoms with van der Waals surface area (Å²) in [6.07, 6.45) is 2.97. The second-order valence-electron chi connectivity index (χ2n) is 7.84. The van der Waals surface area contributed by atoms with Crippen LogP contribution in [-0.2, 0) is 24.2 Å². The SMILES string of the molecule is COCC1(N(C)C(=O)c2csc3c2CCN(Cc2c(C)noc2C)C3)CC1. The van der Waals surface area contributed by atoms with Gasteiger partial charge in [-0.3, -0.25) is 9.69 Å². The van der Waals surface area contributed by atoms with Crippen LogP contribution in [0.4, 0.5) is 0 Å². The number of hydrogen-bond acceptors (Lipinski definition) is 6. The Hall–Kier alpha value is -1.70. The molecule has 6 nitrogen and oxygen atoms in total. The van der Waals surface area contributed by atoms with E-state index < -0.39 is 0 Å². The van der Waals surface area contributed by atoms with Crippen LogP contribution in [0.2, 0.25) is 0 Å². The number of amides is 1. The first kappa shape index (κ1) is 18.7. The first-order valence-electron chi connectivity index (χ1n) is 9.45. The molecule has 0 saturated heterocycles. The second-order valence-corrected chi connectivity index (χ2v) is 8.80. The van der Waals surface area contributed by atoms with Crippen molar-refractivity contribution in [1.82, 2.24) is 15.0 Å². The number of aromatic nitrogens is 1. The van der Waals surface area contributed by atoms with Gasteiger partial charge in [-0.2, -0.15) is 0 Å². The van der Waals surface area contributed by atoms with E-state index >= 15 is 0 Å². The zero-order valence-electron chi connectivity index (χ0n) is 16.5. The molecule has 0 aromatic carbocycles. The third-order valence-electron chi connectivity index (χ3n) is 6.08. The van der Waals surface area contributed by atoms with Crippen molar-refractivity contribution in [2.75, 3.05) is 27.3 Å². The quantitative estimate of drug-likeness (QED) is 0.760. The van der Waals surface area contributed by atoms with Gasteiger partial charge in [0.2, 0.25) is 0 Å². The molecule has 0 radical (unpaired) electrons. The highest BCUT2D eigenvalue weighted by atomic mass is 32.1. The number of likely N-dealkylation sites (N-methyl/N-ethyl adjacent to an activating group) is 1. The lowest BCUT2D eigenvalue weighted by atomic mass is 10.0. The lowest BCUT2D eigenvalue weighted by molar-refractivity contribution is 0.0550. The van der Waals surface area contributed by atoms with Crippen molar-refractivity contribution < 1.29 is 14.1 Å². The van der Waals surface area contributed by atoms with Gasteiger partial charge in [0.25, 0.3) is 5.91 Å². The van der Waals surface area contributed by atoms with Crippen LogP contribution < -0.4 is 0 Å². The van der Waals surface area contributed by atoms with Gasteiger partial charge >= 0.3 is 0 Å². The summed E-state index contributed by atoms with van der Waals surface area (Å²) in [5, 5.41) is 6.10. The molecule has 0 spiro atoms. The number of aryl methyl sites for hydroxylation is 2. The fraction of sp³-hybridized carbons (Fsp3) is 0.600. The number of thiophene rings is 1. The van der Waals surface area contributed by atoms with Gasteiger partial charge < -0.3 is 14.2 Å². The van der Waals surface area contributed by atoms with E-state index in [4.69, 9.17) is 9.26 Å². The van der Waals surface area contributed by atoms with Crippen molar-refractivity contribution >= 4 is 17.2 Å². The highest BCUT2D eigenvalue weighted by molar-refractivity contribution is 7.10. The van der Waals surface area contributed by atoms with Gasteiger partial charge in [-0.25, -0.2) is 0 Å².